The highest BCUT2D eigenvalue weighted by atomic mass is 19.3. The Morgan fingerprint density at radius 1 is 1.18 bits per heavy atom. The van der Waals surface area contributed by atoms with Crippen molar-refractivity contribution in [1.82, 2.24) is 24.5 Å². The molecule has 142 valence electrons. The second-order valence-electron chi connectivity index (χ2n) is 7.09. The normalized spacial score (nSPS) is 14.3. The average molecular weight is 379 g/mol. The molecule has 1 aromatic carbocycles. The van der Waals surface area contributed by atoms with Gasteiger partial charge in [0, 0.05) is 29.8 Å². The number of hydrogen-bond acceptors (Lipinski definition) is 3. The zero-order valence-corrected chi connectivity index (χ0v) is 15.4. The second kappa shape index (κ2) is 6.51. The number of halogens is 2. The molecule has 1 saturated carbocycles. The zero-order valence-electron chi connectivity index (χ0n) is 15.4. The molecule has 0 spiro atoms. The summed E-state index contributed by atoms with van der Waals surface area (Å²) in [5.41, 5.74) is 3.23. The van der Waals surface area contributed by atoms with Crippen molar-refractivity contribution in [1.29, 1.82) is 0 Å². The minimum absolute atomic E-state index is 0.00618. The Bertz CT molecular complexity index is 1140. The summed E-state index contributed by atoms with van der Waals surface area (Å²) in [4.78, 5) is 4.76. The molecule has 0 unspecified atom stereocenters. The van der Waals surface area contributed by atoms with Crippen LogP contribution in [0.15, 0.2) is 48.8 Å². The van der Waals surface area contributed by atoms with E-state index in [4.69, 9.17) is 10.1 Å². The van der Waals surface area contributed by atoms with Crippen molar-refractivity contribution in [3.05, 3.63) is 60.0 Å². The van der Waals surface area contributed by atoms with Gasteiger partial charge in [-0.15, -0.1) is 0 Å². The Hall–Kier alpha value is -3.09. The summed E-state index contributed by atoms with van der Waals surface area (Å²) in [6, 6.07) is 11.0. The van der Waals surface area contributed by atoms with E-state index in [0.29, 0.717) is 23.3 Å². The van der Waals surface area contributed by atoms with Crippen LogP contribution in [-0.4, -0.2) is 24.5 Å². The molecule has 5 rings (SSSR count). The van der Waals surface area contributed by atoms with E-state index in [1.165, 1.54) is 6.07 Å². The SMILES string of the molecule is CCn1cc(-c2cc(C(F)F)c3c(C4CC4)nn(-c4ccccc4)c3n2)cn1. The largest absolute Gasteiger partial charge is 0.272 e. The molecule has 1 aliphatic carbocycles. The second-order valence-corrected chi connectivity index (χ2v) is 7.09. The molecule has 0 atom stereocenters. The minimum Gasteiger partial charge on any atom is -0.272 e. The molecule has 4 aromatic rings. The molecule has 0 bridgehead atoms. The standard InChI is InChI=1S/C21H19F2N5/c1-2-27-12-14(11-24-27)17-10-16(20(22)23)18-19(13-8-9-13)26-28(21(18)25-17)15-6-4-3-5-7-15/h3-7,10-13,20H,2,8-9H2,1H3. The van der Waals surface area contributed by atoms with Gasteiger partial charge in [0.15, 0.2) is 5.65 Å². The summed E-state index contributed by atoms with van der Waals surface area (Å²) >= 11 is 0. The minimum atomic E-state index is -2.60. The Labute approximate surface area is 160 Å². The van der Waals surface area contributed by atoms with Crippen LogP contribution in [0.2, 0.25) is 0 Å². The first kappa shape index (κ1) is 17.0. The third-order valence-electron chi connectivity index (χ3n) is 5.15. The Kier molecular flexibility index (Phi) is 3.96. The lowest BCUT2D eigenvalue weighted by Gasteiger charge is -2.08. The first-order valence-corrected chi connectivity index (χ1v) is 9.45. The number of alkyl halides is 2. The number of aromatic nitrogens is 5. The Morgan fingerprint density at radius 2 is 1.96 bits per heavy atom. The fourth-order valence-corrected chi connectivity index (χ4v) is 3.55. The smallest absolute Gasteiger partial charge is 0.264 e. The third kappa shape index (κ3) is 2.78. The molecule has 5 nitrogen and oxygen atoms in total. The zero-order chi connectivity index (χ0) is 19.3. The monoisotopic (exact) mass is 379 g/mol. The molecule has 1 fully saturated rings. The first-order valence-electron chi connectivity index (χ1n) is 9.45. The molecule has 1 aliphatic rings. The summed E-state index contributed by atoms with van der Waals surface area (Å²) in [6.07, 6.45) is 2.85. The van der Waals surface area contributed by atoms with Crippen LogP contribution in [-0.2, 0) is 6.54 Å². The van der Waals surface area contributed by atoms with E-state index in [-0.39, 0.29) is 11.5 Å². The van der Waals surface area contributed by atoms with Gasteiger partial charge in [0.25, 0.3) is 6.43 Å². The van der Waals surface area contributed by atoms with Gasteiger partial charge in [0.1, 0.15) is 0 Å². The van der Waals surface area contributed by atoms with Gasteiger partial charge in [-0.1, -0.05) is 18.2 Å². The number of fused-ring (bicyclic) bond motifs is 1. The quantitative estimate of drug-likeness (QED) is 0.484. The van der Waals surface area contributed by atoms with Crippen molar-refractivity contribution in [3.63, 3.8) is 0 Å². The van der Waals surface area contributed by atoms with Crippen molar-refractivity contribution in [2.24, 2.45) is 0 Å². The summed E-state index contributed by atoms with van der Waals surface area (Å²) in [7, 11) is 0. The lowest BCUT2D eigenvalue weighted by molar-refractivity contribution is 0.153. The number of aryl methyl sites for hydroxylation is 1. The van der Waals surface area contributed by atoms with Crippen LogP contribution in [0.3, 0.4) is 0 Å². The number of nitrogens with zero attached hydrogens (tertiary/aromatic N) is 5. The first-order chi connectivity index (χ1) is 13.7. The van der Waals surface area contributed by atoms with Crippen molar-refractivity contribution >= 4 is 11.0 Å². The molecule has 0 aliphatic heterocycles. The van der Waals surface area contributed by atoms with Crippen molar-refractivity contribution < 1.29 is 8.78 Å². The van der Waals surface area contributed by atoms with Gasteiger partial charge < -0.3 is 0 Å². The van der Waals surface area contributed by atoms with Gasteiger partial charge in [-0.25, -0.2) is 18.4 Å². The highest BCUT2D eigenvalue weighted by Crippen LogP contribution is 2.45. The molecular formula is C21H19F2N5. The highest BCUT2D eigenvalue weighted by Gasteiger charge is 2.33. The molecule has 3 heterocycles. The Balaban J connectivity index is 1.80. The maximum atomic E-state index is 14.1. The molecule has 3 aromatic heterocycles. The van der Waals surface area contributed by atoms with Gasteiger partial charge in [0.2, 0.25) is 0 Å². The van der Waals surface area contributed by atoms with E-state index in [1.807, 2.05) is 43.5 Å². The third-order valence-corrected chi connectivity index (χ3v) is 5.15. The number of hydrogen-bond donors (Lipinski definition) is 0. The summed E-state index contributed by atoms with van der Waals surface area (Å²) in [5, 5.41) is 9.47. The van der Waals surface area contributed by atoms with Crippen molar-refractivity contribution in [3.8, 4) is 16.9 Å². The van der Waals surface area contributed by atoms with E-state index in [0.717, 1.165) is 29.8 Å². The lowest BCUT2D eigenvalue weighted by atomic mass is 10.1. The molecule has 7 heteroatoms. The van der Waals surface area contributed by atoms with Gasteiger partial charge in [-0.2, -0.15) is 10.2 Å². The van der Waals surface area contributed by atoms with E-state index in [9.17, 15) is 8.78 Å². The predicted molar refractivity (Wildman–Crippen MR) is 103 cm³/mol. The molecule has 0 N–H and O–H groups in total. The van der Waals surface area contributed by atoms with Gasteiger partial charge in [-0.3, -0.25) is 4.68 Å². The van der Waals surface area contributed by atoms with Crippen molar-refractivity contribution in [2.75, 3.05) is 0 Å². The van der Waals surface area contributed by atoms with E-state index in [1.54, 1.807) is 15.6 Å². The lowest BCUT2D eigenvalue weighted by Crippen LogP contribution is -1.99. The fourth-order valence-electron chi connectivity index (χ4n) is 3.55. The maximum absolute atomic E-state index is 14.1. The van der Waals surface area contributed by atoms with Gasteiger partial charge in [-0.05, 0) is 38.0 Å². The maximum Gasteiger partial charge on any atom is 0.264 e. The van der Waals surface area contributed by atoms with Crippen LogP contribution >= 0.6 is 0 Å². The summed E-state index contributed by atoms with van der Waals surface area (Å²) in [5.74, 6) is 0.237. The molecule has 0 radical (unpaired) electrons. The fraction of sp³-hybridized carbons (Fsp3) is 0.286. The Morgan fingerprint density at radius 3 is 2.61 bits per heavy atom. The molecule has 0 amide bonds. The topological polar surface area (TPSA) is 48.5 Å². The van der Waals surface area contributed by atoms with E-state index in [2.05, 4.69) is 5.10 Å². The number of pyridine rings is 1. The van der Waals surface area contributed by atoms with E-state index < -0.39 is 6.43 Å². The van der Waals surface area contributed by atoms with Crippen LogP contribution in [0.1, 0.15) is 43.4 Å². The number of para-hydroxylation sites is 1. The highest BCUT2D eigenvalue weighted by molar-refractivity contribution is 5.87. The molecule has 0 saturated heterocycles. The van der Waals surface area contributed by atoms with Crippen LogP contribution < -0.4 is 0 Å². The summed E-state index contributed by atoms with van der Waals surface area (Å²) in [6.45, 7) is 2.68. The predicted octanol–water partition coefficient (Wildman–Crippen LogP) is 5.12. The van der Waals surface area contributed by atoms with Crippen LogP contribution in [0.25, 0.3) is 28.0 Å². The van der Waals surface area contributed by atoms with Gasteiger partial charge >= 0.3 is 0 Å². The molecule has 28 heavy (non-hydrogen) atoms. The van der Waals surface area contributed by atoms with Gasteiger partial charge in [0.05, 0.1) is 28.7 Å². The summed E-state index contributed by atoms with van der Waals surface area (Å²) < 4.78 is 31.6. The average Bonchev–Trinajstić information content (AvgIpc) is 3.32. The number of benzene rings is 1. The number of rotatable bonds is 5. The van der Waals surface area contributed by atoms with Crippen LogP contribution in [0.5, 0.6) is 0 Å². The van der Waals surface area contributed by atoms with Crippen LogP contribution in [0.4, 0.5) is 8.78 Å². The molecular weight excluding hydrogens is 360 g/mol. The van der Waals surface area contributed by atoms with Crippen molar-refractivity contribution in [2.45, 2.75) is 38.7 Å². The van der Waals surface area contributed by atoms with E-state index >= 15 is 0 Å². The van der Waals surface area contributed by atoms with Crippen LogP contribution in [0, 0.1) is 0 Å².